The smallest absolute Gasteiger partial charge is 0.330 e. The first-order valence-electron chi connectivity index (χ1n) is 7.99. The molecule has 3 N–H and O–H groups in total. The van der Waals surface area contributed by atoms with Crippen molar-refractivity contribution in [3.05, 3.63) is 33.1 Å². The fourth-order valence-electron chi connectivity index (χ4n) is 2.30. The summed E-state index contributed by atoms with van der Waals surface area (Å²) in [6, 6.07) is 1.16. The summed E-state index contributed by atoms with van der Waals surface area (Å²) < 4.78 is 17.7. The zero-order valence-corrected chi connectivity index (χ0v) is 16.4. The molecule has 0 aromatic carbocycles. The highest BCUT2D eigenvalue weighted by atomic mass is 33.1. The molecule has 2 heterocycles. The van der Waals surface area contributed by atoms with E-state index in [1.807, 2.05) is 0 Å². The van der Waals surface area contributed by atoms with E-state index in [1.54, 1.807) is 10.8 Å². The SMILES string of the molecule is CC(C)(C)SSCOCO[C@@H]1[C@H](O)[C@@H](CO)O[C@H]1n1ccc(=O)[nH]c1=O. The summed E-state index contributed by atoms with van der Waals surface area (Å²) in [5.41, 5.74) is -1.24. The predicted molar refractivity (Wildman–Crippen MR) is 99.0 cm³/mol. The summed E-state index contributed by atoms with van der Waals surface area (Å²) in [7, 11) is 3.21. The van der Waals surface area contributed by atoms with E-state index >= 15 is 0 Å². The number of aliphatic hydroxyl groups excluding tert-OH is 2. The van der Waals surface area contributed by atoms with Gasteiger partial charge < -0.3 is 24.4 Å². The fraction of sp³-hybridized carbons (Fsp3) is 0.733. The van der Waals surface area contributed by atoms with E-state index in [9.17, 15) is 19.8 Å². The lowest BCUT2D eigenvalue weighted by Crippen LogP contribution is -2.39. The Morgan fingerprint density at radius 1 is 1.38 bits per heavy atom. The number of nitrogens with zero attached hydrogens (tertiary/aromatic N) is 1. The summed E-state index contributed by atoms with van der Waals surface area (Å²) in [5, 5.41) is 19.6. The molecule has 0 amide bonds. The zero-order valence-electron chi connectivity index (χ0n) is 14.8. The number of hydrogen-bond acceptors (Lipinski definition) is 9. The largest absolute Gasteiger partial charge is 0.394 e. The van der Waals surface area contributed by atoms with Crippen molar-refractivity contribution in [2.75, 3.05) is 19.3 Å². The standard InChI is InChI=1S/C15H24N2O7S2/c1-15(2,3)26-25-8-22-7-23-12-11(20)9(6-18)24-13(12)17-5-4-10(19)16-14(17)21/h4-5,9,11-13,18,20H,6-8H2,1-3H3,(H,16,19,21)/t9-,11-,12-,13-/m1/s1. The number of hydrogen-bond donors (Lipinski definition) is 3. The van der Waals surface area contributed by atoms with Gasteiger partial charge in [-0.05, 0) is 0 Å². The van der Waals surface area contributed by atoms with Gasteiger partial charge in [-0.25, -0.2) is 4.79 Å². The molecular formula is C15H24N2O7S2. The van der Waals surface area contributed by atoms with Gasteiger partial charge >= 0.3 is 5.69 Å². The topological polar surface area (TPSA) is 123 Å². The van der Waals surface area contributed by atoms with Crippen LogP contribution in [0.1, 0.15) is 27.0 Å². The van der Waals surface area contributed by atoms with Gasteiger partial charge in [0.25, 0.3) is 5.56 Å². The van der Waals surface area contributed by atoms with E-state index < -0.39 is 42.4 Å². The van der Waals surface area contributed by atoms with Crippen LogP contribution < -0.4 is 11.2 Å². The first-order chi connectivity index (χ1) is 12.2. The molecule has 0 aliphatic carbocycles. The molecule has 0 saturated carbocycles. The Morgan fingerprint density at radius 3 is 2.73 bits per heavy atom. The van der Waals surface area contributed by atoms with Gasteiger partial charge in [-0.3, -0.25) is 14.3 Å². The second-order valence-electron chi connectivity index (χ2n) is 6.64. The molecule has 11 heteroatoms. The lowest BCUT2D eigenvalue weighted by Gasteiger charge is -2.22. The van der Waals surface area contributed by atoms with Gasteiger partial charge in [-0.2, -0.15) is 0 Å². The minimum absolute atomic E-state index is 0.106. The van der Waals surface area contributed by atoms with Crippen LogP contribution in [0.15, 0.2) is 21.9 Å². The molecule has 1 saturated heterocycles. The first-order valence-corrected chi connectivity index (χ1v) is 10.3. The highest BCUT2D eigenvalue weighted by Gasteiger charge is 2.45. The Labute approximate surface area is 158 Å². The second kappa shape index (κ2) is 9.40. The normalized spacial score (nSPS) is 26.3. The van der Waals surface area contributed by atoms with Crippen LogP contribution in [0.4, 0.5) is 0 Å². The Morgan fingerprint density at radius 2 is 2.12 bits per heavy atom. The number of ether oxygens (including phenoxy) is 3. The average molecular weight is 408 g/mol. The third kappa shape index (κ3) is 5.84. The second-order valence-corrected chi connectivity index (χ2v) is 9.71. The molecule has 9 nitrogen and oxygen atoms in total. The van der Waals surface area contributed by atoms with Gasteiger partial charge in [0.1, 0.15) is 31.0 Å². The summed E-state index contributed by atoms with van der Waals surface area (Å²) in [5.74, 6) is 0.387. The summed E-state index contributed by atoms with van der Waals surface area (Å²) in [4.78, 5) is 25.3. The molecule has 4 atom stereocenters. The van der Waals surface area contributed by atoms with Crippen LogP contribution in [0.3, 0.4) is 0 Å². The first kappa shape index (κ1) is 21.5. The maximum absolute atomic E-state index is 12.0. The van der Waals surface area contributed by atoms with Gasteiger partial charge in [0.2, 0.25) is 0 Å². The van der Waals surface area contributed by atoms with Crippen molar-refractivity contribution in [3.63, 3.8) is 0 Å². The number of H-pyrrole nitrogens is 1. The number of aromatic nitrogens is 2. The fourth-order valence-corrected chi connectivity index (χ4v) is 4.24. The van der Waals surface area contributed by atoms with Gasteiger partial charge in [0.15, 0.2) is 6.23 Å². The number of aromatic amines is 1. The third-order valence-electron chi connectivity index (χ3n) is 3.40. The predicted octanol–water partition coefficient (Wildman–Crippen LogP) is 0.284. The molecule has 148 valence electrons. The maximum atomic E-state index is 12.0. The molecule has 1 aromatic heterocycles. The zero-order chi connectivity index (χ0) is 19.3. The Hall–Kier alpha value is -0.820. The van der Waals surface area contributed by atoms with Crippen molar-refractivity contribution in [2.45, 2.75) is 50.1 Å². The van der Waals surface area contributed by atoms with Crippen molar-refractivity contribution in [1.29, 1.82) is 0 Å². The van der Waals surface area contributed by atoms with Crippen LogP contribution in [-0.4, -0.2) is 62.2 Å². The minimum Gasteiger partial charge on any atom is -0.394 e. The van der Waals surface area contributed by atoms with E-state index in [0.717, 1.165) is 10.6 Å². The minimum atomic E-state index is -1.15. The van der Waals surface area contributed by atoms with E-state index in [2.05, 4.69) is 25.8 Å². The average Bonchev–Trinajstić information content (AvgIpc) is 2.86. The lowest BCUT2D eigenvalue weighted by atomic mass is 10.1. The number of rotatable bonds is 8. The van der Waals surface area contributed by atoms with Crippen molar-refractivity contribution < 1.29 is 24.4 Å². The molecule has 1 aliphatic rings. The monoisotopic (exact) mass is 408 g/mol. The highest BCUT2D eigenvalue weighted by molar-refractivity contribution is 8.77. The van der Waals surface area contributed by atoms with Crippen molar-refractivity contribution in [1.82, 2.24) is 9.55 Å². The van der Waals surface area contributed by atoms with Gasteiger partial charge in [-0.1, -0.05) is 42.4 Å². The molecule has 1 fully saturated rings. The molecule has 2 rings (SSSR count). The van der Waals surface area contributed by atoms with Crippen LogP contribution in [0.2, 0.25) is 0 Å². The molecule has 0 radical (unpaired) electrons. The highest BCUT2D eigenvalue weighted by Crippen LogP contribution is 2.35. The maximum Gasteiger partial charge on any atom is 0.330 e. The van der Waals surface area contributed by atoms with Gasteiger partial charge in [0.05, 0.1) is 6.61 Å². The van der Waals surface area contributed by atoms with Crippen molar-refractivity contribution >= 4 is 21.6 Å². The van der Waals surface area contributed by atoms with Crippen LogP contribution in [0, 0.1) is 0 Å². The summed E-state index contributed by atoms with van der Waals surface area (Å²) in [6.07, 6.45) is -2.73. The van der Waals surface area contributed by atoms with Crippen molar-refractivity contribution in [3.8, 4) is 0 Å². The van der Waals surface area contributed by atoms with Crippen LogP contribution >= 0.6 is 21.6 Å². The van der Waals surface area contributed by atoms with Crippen LogP contribution in [0.5, 0.6) is 0 Å². The van der Waals surface area contributed by atoms with Gasteiger partial charge in [-0.15, -0.1) is 0 Å². The van der Waals surface area contributed by atoms with Crippen LogP contribution in [0.25, 0.3) is 0 Å². The Bertz CT molecular complexity index is 688. The van der Waals surface area contributed by atoms with E-state index in [0.29, 0.717) is 5.94 Å². The van der Waals surface area contributed by atoms with E-state index in [4.69, 9.17) is 14.2 Å². The molecule has 0 unspecified atom stereocenters. The molecule has 26 heavy (non-hydrogen) atoms. The Balaban J connectivity index is 1.96. The third-order valence-corrected chi connectivity index (χ3v) is 6.43. The molecular weight excluding hydrogens is 384 g/mol. The number of nitrogens with one attached hydrogen (secondary N) is 1. The Kier molecular flexibility index (Phi) is 7.76. The quantitative estimate of drug-likeness (QED) is 0.316. The van der Waals surface area contributed by atoms with Crippen molar-refractivity contribution in [2.24, 2.45) is 0 Å². The molecule has 0 bridgehead atoms. The lowest BCUT2D eigenvalue weighted by molar-refractivity contribution is -0.132. The van der Waals surface area contributed by atoms with E-state index in [1.165, 1.54) is 17.0 Å². The van der Waals surface area contributed by atoms with Gasteiger partial charge in [0, 0.05) is 17.0 Å². The summed E-state index contributed by atoms with van der Waals surface area (Å²) >= 11 is 0. The molecule has 1 aromatic rings. The summed E-state index contributed by atoms with van der Waals surface area (Å²) in [6.45, 7) is 5.73. The van der Waals surface area contributed by atoms with Crippen LogP contribution in [-0.2, 0) is 14.2 Å². The molecule has 0 spiro atoms. The van der Waals surface area contributed by atoms with E-state index in [-0.39, 0.29) is 11.5 Å². The molecule has 1 aliphatic heterocycles. The number of aliphatic hydroxyl groups is 2.